The summed E-state index contributed by atoms with van der Waals surface area (Å²) in [7, 11) is 0. The van der Waals surface area contributed by atoms with Crippen molar-refractivity contribution in [3.05, 3.63) is 40.9 Å². The third kappa shape index (κ3) is 2.57. The minimum absolute atomic E-state index is 0.140. The van der Waals surface area contributed by atoms with Crippen molar-refractivity contribution in [2.75, 3.05) is 5.32 Å². The molecule has 0 radical (unpaired) electrons. The molecule has 6 nitrogen and oxygen atoms in total. The molecule has 2 heterocycles. The van der Waals surface area contributed by atoms with E-state index in [4.69, 9.17) is 9.63 Å². The first-order valence-electron chi connectivity index (χ1n) is 5.88. The lowest BCUT2D eigenvalue weighted by molar-refractivity contribution is 0.0697. The highest BCUT2D eigenvalue weighted by atomic mass is 16.5. The molecular weight excluding hydrogens is 246 g/mol. The zero-order chi connectivity index (χ0) is 14.0. The first-order valence-corrected chi connectivity index (χ1v) is 5.88. The highest BCUT2D eigenvalue weighted by molar-refractivity contribution is 5.93. The summed E-state index contributed by atoms with van der Waals surface area (Å²) in [6, 6.07) is 2.96. The van der Waals surface area contributed by atoms with Crippen molar-refractivity contribution in [3.8, 4) is 0 Å². The van der Waals surface area contributed by atoms with Gasteiger partial charge >= 0.3 is 5.97 Å². The molecule has 0 aliphatic carbocycles. The average molecular weight is 261 g/mol. The monoisotopic (exact) mass is 261 g/mol. The Morgan fingerprint density at radius 3 is 2.79 bits per heavy atom. The second kappa shape index (κ2) is 5.09. The van der Waals surface area contributed by atoms with Crippen molar-refractivity contribution in [1.82, 2.24) is 10.1 Å². The molecule has 0 amide bonds. The summed E-state index contributed by atoms with van der Waals surface area (Å²) in [6.07, 6.45) is 1.55. The van der Waals surface area contributed by atoms with Crippen LogP contribution in [0.3, 0.4) is 0 Å². The largest absolute Gasteiger partial charge is 0.478 e. The second-order valence-electron chi connectivity index (χ2n) is 4.31. The average Bonchev–Trinajstić information content (AvgIpc) is 2.69. The topological polar surface area (TPSA) is 88.3 Å². The van der Waals surface area contributed by atoms with Gasteiger partial charge in [-0.25, -0.2) is 9.78 Å². The van der Waals surface area contributed by atoms with Crippen LogP contribution in [0.25, 0.3) is 0 Å². The van der Waals surface area contributed by atoms with E-state index in [1.165, 1.54) is 6.07 Å². The van der Waals surface area contributed by atoms with E-state index in [9.17, 15) is 4.79 Å². The van der Waals surface area contributed by atoms with Crippen LogP contribution in [0.2, 0.25) is 0 Å². The Balaban J connectivity index is 2.29. The van der Waals surface area contributed by atoms with E-state index in [0.29, 0.717) is 11.6 Å². The van der Waals surface area contributed by atoms with Crippen LogP contribution in [0.4, 0.5) is 5.82 Å². The number of hydrogen-bond donors (Lipinski definition) is 2. The summed E-state index contributed by atoms with van der Waals surface area (Å²) in [5.41, 5.74) is 1.84. The maximum atomic E-state index is 11.1. The predicted octanol–water partition coefficient (Wildman–Crippen LogP) is 2.56. The van der Waals surface area contributed by atoms with Gasteiger partial charge in [-0.3, -0.25) is 0 Å². The summed E-state index contributed by atoms with van der Waals surface area (Å²) in [6.45, 7) is 5.58. The van der Waals surface area contributed by atoms with Crippen molar-refractivity contribution < 1.29 is 14.4 Å². The Morgan fingerprint density at radius 1 is 1.47 bits per heavy atom. The lowest BCUT2D eigenvalue weighted by atomic mass is 10.1. The quantitative estimate of drug-likeness (QED) is 0.879. The van der Waals surface area contributed by atoms with Gasteiger partial charge in [0.05, 0.1) is 11.7 Å². The van der Waals surface area contributed by atoms with Gasteiger partial charge in [-0.15, -0.1) is 0 Å². The fourth-order valence-electron chi connectivity index (χ4n) is 2.08. The molecule has 19 heavy (non-hydrogen) atoms. The Bertz CT molecular complexity index is 587. The van der Waals surface area contributed by atoms with Gasteiger partial charge in [0, 0.05) is 11.8 Å². The van der Waals surface area contributed by atoms with Crippen LogP contribution < -0.4 is 5.32 Å². The number of nitrogens with zero attached hydrogens (tertiary/aromatic N) is 2. The number of rotatable bonds is 4. The van der Waals surface area contributed by atoms with Crippen LogP contribution in [-0.4, -0.2) is 21.2 Å². The summed E-state index contributed by atoms with van der Waals surface area (Å²) in [4.78, 5) is 15.2. The van der Waals surface area contributed by atoms with Crippen molar-refractivity contribution in [1.29, 1.82) is 0 Å². The van der Waals surface area contributed by atoms with Crippen LogP contribution in [0, 0.1) is 13.8 Å². The molecule has 1 atom stereocenters. The fourth-order valence-corrected chi connectivity index (χ4v) is 2.08. The lowest BCUT2D eigenvalue weighted by Gasteiger charge is -2.15. The number of carbonyl (C=O) groups is 1. The Kier molecular flexibility index (Phi) is 3.50. The van der Waals surface area contributed by atoms with Gasteiger partial charge in [0.25, 0.3) is 0 Å². The van der Waals surface area contributed by atoms with Gasteiger partial charge in [-0.05, 0) is 32.9 Å². The first-order chi connectivity index (χ1) is 9.00. The molecule has 0 saturated heterocycles. The van der Waals surface area contributed by atoms with Gasteiger partial charge in [-0.2, -0.15) is 0 Å². The Labute approximate surface area is 110 Å². The summed E-state index contributed by atoms with van der Waals surface area (Å²) < 4.78 is 5.11. The van der Waals surface area contributed by atoms with Crippen LogP contribution >= 0.6 is 0 Å². The van der Waals surface area contributed by atoms with Gasteiger partial charge in [-0.1, -0.05) is 5.16 Å². The van der Waals surface area contributed by atoms with E-state index in [1.54, 1.807) is 12.3 Å². The van der Waals surface area contributed by atoms with E-state index in [0.717, 1.165) is 11.3 Å². The van der Waals surface area contributed by atoms with E-state index < -0.39 is 5.97 Å². The lowest BCUT2D eigenvalue weighted by Crippen LogP contribution is -2.13. The molecule has 0 aliphatic rings. The van der Waals surface area contributed by atoms with E-state index >= 15 is 0 Å². The third-order valence-electron chi connectivity index (χ3n) is 2.91. The standard InChI is InChI=1S/C13H15N3O3/c1-7(11-8(2)16-19-9(11)3)15-12-10(13(17)18)5-4-6-14-12/h4-7H,1-3H3,(H,14,15)(H,17,18). The smallest absolute Gasteiger partial charge is 0.339 e. The minimum atomic E-state index is -1.01. The molecule has 0 fully saturated rings. The Morgan fingerprint density at radius 2 is 2.21 bits per heavy atom. The molecular formula is C13H15N3O3. The molecule has 2 aromatic rings. The van der Waals surface area contributed by atoms with Gasteiger partial charge in [0.1, 0.15) is 17.1 Å². The molecule has 0 aliphatic heterocycles. The number of hydrogen-bond acceptors (Lipinski definition) is 5. The summed E-state index contributed by atoms with van der Waals surface area (Å²) in [5.74, 6) is 0.0365. The normalized spacial score (nSPS) is 12.2. The van der Waals surface area contributed by atoms with Crippen LogP contribution in [-0.2, 0) is 0 Å². The molecule has 6 heteroatoms. The zero-order valence-electron chi connectivity index (χ0n) is 11.0. The SMILES string of the molecule is Cc1noc(C)c1C(C)Nc1ncccc1C(=O)O. The third-order valence-corrected chi connectivity index (χ3v) is 2.91. The number of aromatic nitrogens is 2. The molecule has 0 spiro atoms. The van der Waals surface area contributed by atoms with E-state index in [1.807, 2.05) is 20.8 Å². The van der Waals surface area contributed by atoms with Gasteiger partial charge in [0.15, 0.2) is 0 Å². The summed E-state index contributed by atoms with van der Waals surface area (Å²) in [5, 5.41) is 16.1. The van der Waals surface area contributed by atoms with Crippen LogP contribution in [0.1, 0.15) is 40.3 Å². The first kappa shape index (κ1) is 13.1. The number of nitrogens with one attached hydrogen (secondary N) is 1. The van der Waals surface area contributed by atoms with Gasteiger partial charge < -0.3 is 14.9 Å². The van der Waals surface area contributed by atoms with Crippen molar-refractivity contribution in [2.24, 2.45) is 0 Å². The minimum Gasteiger partial charge on any atom is -0.478 e. The van der Waals surface area contributed by atoms with Crippen molar-refractivity contribution in [2.45, 2.75) is 26.8 Å². The fraction of sp³-hybridized carbons (Fsp3) is 0.308. The molecule has 0 bridgehead atoms. The second-order valence-corrected chi connectivity index (χ2v) is 4.31. The maximum Gasteiger partial charge on any atom is 0.339 e. The number of pyridine rings is 1. The molecule has 100 valence electrons. The highest BCUT2D eigenvalue weighted by Gasteiger charge is 2.19. The Hall–Kier alpha value is -2.37. The van der Waals surface area contributed by atoms with E-state index in [-0.39, 0.29) is 11.6 Å². The van der Waals surface area contributed by atoms with Crippen molar-refractivity contribution >= 4 is 11.8 Å². The molecule has 2 N–H and O–H groups in total. The van der Waals surface area contributed by atoms with Gasteiger partial charge in [0.2, 0.25) is 0 Å². The predicted molar refractivity (Wildman–Crippen MR) is 69.2 cm³/mol. The molecule has 2 rings (SSSR count). The summed E-state index contributed by atoms with van der Waals surface area (Å²) >= 11 is 0. The maximum absolute atomic E-state index is 11.1. The zero-order valence-corrected chi connectivity index (χ0v) is 11.0. The molecule has 0 saturated carbocycles. The number of aromatic carboxylic acids is 1. The number of carboxylic acids is 1. The number of aryl methyl sites for hydroxylation is 2. The van der Waals surface area contributed by atoms with E-state index in [2.05, 4.69) is 15.5 Å². The molecule has 2 aromatic heterocycles. The van der Waals surface area contributed by atoms with Crippen LogP contribution in [0.5, 0.6) is 0 Å². The number of carboxylic acid groups (broad SMARTS) is 1. The molecule has 1 unspecified atom stereocenters. The van der Waals surface area contributed by atoms with Crippen molar-refractivity contribution in [3.63, 3.8) is 0 Å². The highest BCUT2D eigenvalue weighted by Crippen LogP contribution is 2.25. The number of anilines is 1. The molecule has 0 aromatic carbocycles. The van der Waals surface area contributed by atoms with Crippen LogP contribution in [0.15, 0.2) is 22.9 Å².